The highest BCUT2D eigenvalue weighted by Gasteiger charge is 2.17. The molecular weight excluding hydrogens is 282 g/mol. The standard InChI is InChI=1S/C18H22ClNO/c1-11-6-7-14(10-17(11)21-5)18(20-4)15-8-12(2)13(3)9-16(15)19/h6-10,18,20H,1-5H3. The van der Waals surface area contributed by atoms with Crippen molar-refractivity contribution < 1.29 is 4.74 Å². The molecule has 0 aliphatic carbocycles. The summed E-state index contributed by atoms with van der Waals surface area (Å²) in [6.45, 7) is 6.23. The Morgan fingerprint density at radius 3 is 2.29 bits per heavy atom. The number of methoxy groups -OCH3 is 1. The van der Waals surface area contributed by atoms with E-state index in [9.17, 15) is 0 Å². The fourth-order valence-electron chi connectivity index (χ4n) is 2.54. The maximum absolute atomic E-state index is 6.46. The quantitative estimate of drug-likeness (QED) is 0.892. The summed E-state index contributed by atoms with van der Waals surface area (Å²) < 4.78 is 5.43. The summed E-state index contributed by atoms with van der Waals surface area (Å²) in [4.78, 5) is 0. The molecule has 0 amide bonds. The van der Waals surface area contributed by atoms with E-state index in [0.717, 1.165) is 27.5 Å². The topological polar surface area (TPSA) is 21.3 Å². The molecule has 1 atom stereocenters. The number of aryl methyl sites for hydroxylation is 3. The Hall–Kier alpha value is -1.51. The zero-order valence-corrected chi connectivity index (χ0v) is 14.0. The molecule has 0 bridgehead atoms. The first-order valence-electron chi connectivity index (χ1n) is 7.06. The molecule has 3 heteroatoms. The molecule has 0 spiro atoms. The molecule has 0 heterocycles. The zero-order valence-electron chi connectivity index (χ0n) is 13.3. The van der Waals surface area contributed by atoms with Crippen molar-refractivity contribution in [3.05, 3.63) is 63.2 Å². The predicted molar refractivity (Wildman–Crippen MR) is 89.6 cm³/mol. The maximum Gasteiger partial charge on any atom is 0.122 e. The Morgan fingerprint density at radius 2 is 1.67 bits per heavy atom. The minimum atomic E-state index is 0.0475. The fraction of sp³-hybridized carbons (Fsp3) is 0.333. The lowest BCUT2D eigenvalue weighted by atomic mass is 9.94. The van der Waals surface area contributed by atoms with Gasteiger partial charge in [0.25, 0.3) is 0 Å². The highest BCUT2D eigenvalue weighted by molar-refractivity contribution is 6.31. The molecule has 1 unspecified atom stereocenters. The minimum Gasteiger partial charge on any atom is -0.496 e. The average Bonchev–Trinajstić information content (AvgIpc) is 2.46. The molecule has 2 aromatic carbocycles. The van der Waals surface area contributed by atoms with Crippen molar-refractivity contribution in [1.82, 2.24) is 5.32 Å². The van der Waals surface area contributed by atoms with Crippen LogP contribution < -0.4 is 10.1 Å². The number of nitrogens with one attached hydrogen (secondary N) is 1. The van der Waals surface area contributed by atoms with Gasteiger partial charge < -0.3 is 10.1 Å². The molecule has 0 aliphatic rings. The van der Waals surface area contributed by atoms with Crippen LogP contribution in [0.15, 0.2) is 30.3 Å². The number of benzene rings is 2. The monoisotopic (exact) mass is 303 g/mol. The Bertz CT molecular complexity index is 652. The van der Waals surface area contributed by atoms with Gasteiger partial charge in [-0.25, -0.2) is 0 Å². The van der Waals surface area contributed by atoms with Gasteiger partial charge >= 0.3 is 0 Å². The van der Waals surface area contributed by atoms with E-state index >= 15 is 0 Å². The first-order valence-corrected chi connectivity index (χ1v) is 7.44. The van der Waals surface area contributed by atoms with Crippen LogP contribution in [0.1, 0.15) is 33.9 Å². The Labute approximate surface area is 132 Å². The van der Waals surface area contributed by atoms with Gasteiger partial charge in [-0.3, -0.25) is 0 Å². The van der Waals surface area contributed by atoms with E-state index in [-0.39, 0.29) is 6.04 Å². The lowest BCUT2D eigenvalue weighted by Gasteiger charge is -2.21. The second kappa shape index (κ2) is 6.50. The molecule has 1 N–H and O–H groups in total. The van der Waals surface area contributed by atoms with Gasteiger partial charge in [-0.05, 0) is 67.8 Å². The number of rotatable bonds is 4. The van der Waals surface area contributed by atoms with Crippen LogP contribution >= 0.6 is 11.6 Å². The highest BCUT2D eigenvalue weighted by atomic mass is 35.5. The number of hydrogen-bond acceptors (Lipinski definition) is 2. The Morgan fingerprint density at radius 1 is 1.00 bits per heavy atom. The average molecular weight is 304 g/mol. The van der Waals surface area contributed by atoms with E-state index in [1.807, 2.05) is 20.0 Å². The maximum atomic E-state index is 6.46. The summed E-state index contributed by atoms with van der Waals surface area (Å²) in [6, 6.07) is 10.5. The van der Waals surface area contributed by atoms with Crippen LogP contribution in [0.4, 0.5) is 0 Å². The van der Waals surface area contributed by atoms with Crippen LogP contribution in [-0.4, -0.2) is 14.2 Å². The van der Waals surface area contributed by atoms with Gasteiger partial charge in [0, 0.05) is 5.02 Å². The molecular formula is C18H22ClNO. The van der Waals surface area contributed by atoms with Crippen molar-refractivity contribution in [2.75, 3.05) is 14.2 Å². The number of halogens is 1. The second-order valence-corrected chi connectivity index (χ2v) is 5.82. The third-order valence-electron chi connectivity index (χ3n) is 3.98. The van der Waals surface area contributed by atoms with Gasteiger partial charge in [-0.15, -0.1) is 0 Å². The van der Waals surface area contributed by atoms with Gasteiger partial charge in [0.05, 0.1) is 13.2 Å². The van der Waals surface area contributed by atoms with Gasteiger partial charge in [0.1, 0.15) is 5.75 Å². The number of ether oxygens (including phenoxy) is 1. The van der Waals surface area contributed by atoms with Gasteiger partial charge in [-0.2, -0.15) is 0 Å². The normalized spacial score (nSPS) is 12.3. The van der Waals surface area contributed by atoms with E-state index in [2.05, 4.69) is 43.4 Å². The van der Waals surface area contributed by atoms with E-state index in [0.29, 0.717) is 0 Å². The van der Waals surface area contributed by atoms with Crippen LogP contribution in [0.2, 0.25) is 5.02 Å². The van der Waals surface area contributed by atoms with E-state index in [4.69, 9.17) is 16.3 Å². The third-order valence-corrected chi connectivity index (χ3v) is 4.31. The summed E-state index contributed by atoms with van der Waals surface area (Å²) in [6.07, 6.45) is 0. The van der Waals surface area contributed by atoms with Crippen molar-refractivity contribution in [1.29, 1.82) is 0 Å². The lowest BCUT2D eigenvalue weighted by molar-refractivity contribution is 0.410. The smallest absolute Gasteiger partial charge is 0.122 e. The molecule has 0 aliphatic heterocycles. The molecule has 0 saturated heterocycles. The third kappa shape index (κ3) is 3.22. The summed E-state index contributed by atoms with van der Waals surface area (Å²) in [5.74, 6) is 0.896. The van der Waals surface area contributed by atoms with E-state index < -0.39 is 0 Å². The van der Waals surface area contributed by atoms with E-state index in [1.54, 1.807) is 7.11 Å². The first-order chi connectivity index (χ1) is 9.97. The molecule has 2 nitrogen and oxygen atoms in total. The van der Waals surface area contributed by atoms with Gasteiger partial charge in [0.2, 0.25) is 0 Å². The zero-order chi connectivity index (χ0) is 15.6. The highest BCUT2D eigenvalue weighted by Crippen LogP contribution is 2.32. The SMILES string of the molecule is CNC(c1ccc(C)c(OC)c1)c1cc(C)c(C)cc1Cl. The minimum absolute atomic E-state index is 0.0475. The van der Waals surface area contributed by atoms with Crippen molar-refractivity contribution in [2.24, 2.45) is 0 Å². The van der Waals surface area contributed by atoms with Crippen LogP contribution in [0.5, 0.6) is 5.75 Å². The molecule has 0 fully saturated rings. The van der Waals surface area contributed by atoms with Crippen molar-refractivity contribution in [3.8, 4) is 5.75 Å². The Balaban J connectivity index is 2.52. The summed E-state index contributed by atoms with van der Waals surface area (Å²) >= 11 is 6.46. The molecule has 21 heavy (non-hydrogen) atoms. The second-order valence-electron chi connectivity index (χ2n) is 5.41. The van der Waals surface area contributed by atoms with E-state index in [1.165, 1.54) is 11.1 Å². The number of hydrogen-bond donors (Lipinski definition) is 1. The molecule has 0 radical (unpaired) electrons. The fourth-order valence-corrected chi connectivity index (χ4v) is 2.87. The van der Waals surface area contributed by atoms with Crippen LogP contribution in [0.25, 0.3) is 0 Å². The van der Waals surface area contributed by atoms with Crippen molar-refractivity contribution >= 4 is 11.6 Å². The van der Waals surface area contributed by atoms with Crippen molar-refractivity contribution in [2.45, 2.75) is 26.8 Å². The van der Waals surface area contributed by atoms with Crippen LogP contribution in [-0.2, 0) is 0 Å². The molecule has 112 valence electrons. The summed E-state index contributed by atoms with van der Waals surface area (Å²) in [7, 11) is 3.64. The van der Waals surface area contributed by atoms with Crippen LogP contribution in [0, 0.1) is 20.8 Å². The first kappa shape index (κ1) is 15.9. The molecule has 2 aromatic rings. The Kier molecular flexibility index (Phi) is 4.92. The lowest BCUT2D eigenvalue weighted by Crippen LogP contribution is -2.18. The van der Waals surface area contributed by atoms with Gasteiger partial charge in [0.15, 0.2) is 0 Å². The predicted octanol–water partition coefficient (Wildman–Crippen LogP) is 4.58. The molecule has 0 saturated carbocycles. The van der Waals surface area contributed by atoms with Crippen LogP contribution in [0.3, 0.4) is 0 Å². The van der Waals surface area contributed by atoms with Gasteiger partial charge in [-0.1, -0.05) is 29.8 Å². The molecule has 0 aromatic heterocycles. The molecule has 2 rings (SSSR count). The summed E-state index contributed by atoms with van der Waals surface area (Å²) in [5, 5.41) is 4.14. The summed E-state index contributed by atoms with van der Waals surface area (Å²) in [5.41, 5.74) is 5.81. The van der Waals surface area contributed by atoms with Crippen molar-refractivity contribution in [3.63, 3.8) is 0 Å². The largest absolute Gasteiger partial charge is 0.496 e.